The maximum Gasteiger partial charge on any atom is 0.200 e. The first-order valence-corrected chi connectivity index (χ1v) is 12.2. The monoisotopic (exact) mass is 457 g/mol. The van der Waals surface area contributed by atoms with Gasteiger partial charge in [-0.15, -0.1) is 0 Å². The molecule has 1 aliphatic heterocycles. The number of aromatic nitrogens is 2. The largest absolute Gasteiger partial charge is 0.507 e. The van der Waals surface area contributed by atoms with Crippen LogP contribution < -0.4 is 5.43 Å². The van der Waals surface area contributed by atoms with Gasteiger partial charge in [-0.3, -0.25) is 9.69 Å². The summed E-state index contributed by atoms with van der Waals surface area (Å²) in [7, 11) is 0. The summed E-state index contributed by atoms with van der Waals surface area (Å²) < 4.78 is 7.84. The molecule has 0 radical (unpaired) electrons. The van der Waals surface area contributed by atoms with Crippen LogP contribution in [-0.4, -0.2) is 32.4 Å². The quantitative estimate of drug-likeness (QED) is 0.403. The Bertz CT molecular complexity index is 1360. The molecule has 5 rings (SSSR count). The third kappa shape index (κ3) is 4.03. The van der Waals surface area contributed by atoms with Crippen LogP contribution in [0.5, 0.6) is 5.75 Å². The van der Waals surface area contributed by atoms with Crippen LogP contribution in [0.2, 0.25) is 0 Å². The van der Waals surface area contributed by atoms with E-state index in [0.717, 1.165) is 36.2 Å². The van der Waals surface area contributed by atoms with Crippen molar-refractivity contribution in [1.29, 1.82) is 0 Å². The first kappa shape index (κ1) is 22.4. The second-order valence-electron chi connectivity index (χ2n) is 9.11. The molecule has 176 valence electrons. The summed E-state index contributed by atoms with van der Waals surface area (Å²) in [6.45, 7) is 5.79. The number of fused-ring (bicyclic) bond motifs is 1. The molecule has 2 aromatic carbocycles. The van der Waals surface area contributed by atoms with Crippen molar-refractivity contribution >= 4 is 11.0 Å². The van der Waals surface area contributed by atoms with Crippen LogP contribution in [-0.2, 0) is 13.0 Å². The van der Waals surface area contributed by atoms with E-state index in [4.69, 9.17) is 4.42 Å². The molecule has 1 fully saturated rings. The van der Waals surface area contributed by atoms with Crippen molar-refractivity contribution in [3.05, 3.63) is 76.4 Å². The van der Waals surface area contributed by atoms with E-state index in [0.29, 0.717) is 41.1 Å². The lowest BCUT2D eigenvalue weighted by atomic mass is 9.96. The third-order valence-electron chi connectivity index (χ3n) is 7.09. The van der Waals surface area contributed by atoms with E-state index in [1.807, 2.05) is 43.5 Å². The number of piperidine rings is 1. The van der Waals surface area contributed by atoms with Crippen molar-refractivity contribution < 1.29 is 9.52 Å². The highest BCUT2D eigenvalue weighted by Gasteiger charge is 2.25. The summed E-state index contributed by atoms with van der Waals surface area (Å²) in [6.07, 6.45) is 10.3. The number of para-hydroxylation sites is 1. The molecule has 1 aliphatic rings. The van der Waals surface area contributed by atoms with Crippen LogP contribution in [0, 0.1) is 0 Å². The normalized spacial score (nSPS) is 16.8. The lowest BCUT2D eigenvalue weighted by Crippen LogP contribution is -2.38. The topological polar surface area (TPSA) is 71.5 Å². The molecule has 6 heteroatoms. The second kappa shape index (κ2) is 9.47. The van der Waals surface area contributed by atoms with Gasteiger partial charge in [-0.1, -0.05) is 38.5 Å². The molecule has 1 N–H and O–H groups in total. The maximum absolute atomic E-state index is 13.6. The number of rotatable bonds is 6. The van der Waals surface area contributed by atoms with E-state index in [1.54, 1.807) is 16.9 Å². The van der Waals surface area contributed by atoms with Gasteiger partial charge < -0.3 is 9.52 Å². The Morgan fingerprint density at radius 3 is 2.76 bits per heavy atom. The molecule has 1 atom stereocenters. The fourth-order valence-electron chi connectivity index (χ4n) is 5.12. The van der Waals surface area contributed by atoms with Gasteiger partial charge in [0.2, 0.25) is 5.43 Å². The fraction of sp³-hybridized carbons (Fsp3) is 0.357. The predicted molar refractivity (Wildman–Crippen MR) is 134 cm³/mol. The fourth-order valence-corrected chi connectivity index (χ4v) is 5.12. The molecule has 0 unspecified atom stereocenters. The zero-order valence-electron chi connectivity index (χ0n) is 19.8. The number of benzene rings is 2. The Hall–Kier alpha value is -3.38. The number of aromatic hydroxyl groups is 1. The van der Waals surface area contributed by atoms with Crippen molar-refractivity contribution in [3.63, 3.8) is 0 Å². The second-order valence-corrected chi connectivity index (χ2v) is 9.11. The van der Waals surface area contributed by atoms with Gasteiger partial charge in [0.05, 0.1) is 28.4 Å². The highest BCUT2D eigenvalue weighted by Crippen LogP contribution is 2.34. The summed E-state index contributed by atoms with van der Waals surface area (Å²) in [5.74, 6) is 0.253. The minimum Gasteiger partial charge on any atom is -0.507 e. The third-order valence-corrected chi connectivity index (χ3v) is 7.09. The Morgan fingerprint density at radius 2 is 2.00 bits per heavy atom. The lowest BCUT2D eigenvalue weighted by molar-refractivity contribution is 0.135. The van der Waals surface area contributed by atoms with E-state index in [9.17, 15) is 9.90 Å². The van der Waals surface area contributed by atoms with Crippen LogP contribution >= 0.6 is 0 Å². The number of likely N-dealkylation sites (tertiary alicyclic amines) is 1. The number of hydrogen-bond acceptors (Lipinski definition) is 5. The van der Waals surface area contributed by atoms with Crippen LogP contribution in [0.3, 0.4) is 0 Å². The smallest absolute Gasteiger partial charge is 0.200 e. The van der Waals surface area contributed by atoms with Gasteiger partial charge in [-0.2, -0.15) is 5.10 Å². The van der Waals surface area contributed by atoms with Crippen molar-refractivity contribution in [2.75, 3.05) is 6.54 Å². The number of phenolic OH excluding ortho intramolecular Hbond substituents is 1. The molecular weight excluding hydrogens is 426 g/mol. The van der Waals surface area contributed by atoms with Crippen molar-refractivity contribution in [3.8, 4) is 22.6 Å². The van der Waals surface area contributed by atoms with Gasteiger partial charge in [0.1, 0.15) is 17.6 Å². The number of phenols is 1. The highest BCUT2D eigenvalue weighted by molar-refractivity contribution is 5.86. The molecule has 3 heterocycles. The molecule has 0 spiro atoms. The zero-order valence-corrected chi connectivity index (χ0v) is 19.8. The van der Waals surface area contributed by atoms with Crippen LogP contribution in [0.4, 0.5) is 0 Å². The average molecular weight is 458 g/mol. The first-order valence-electron chi connectivity index (χ1n) is 12.2. The number of hydrogen-bond donors (Lipinski definition) is 1. The predicted octanol–water partition coefficient (Wildman–Crippen LogP) is 5.68. The minimum absolute atomic E-state index is 0.101. The standard InChI is InChI=1S/C28H31N3O3/c1-3-19-14-23-27(33)25(20-15-29-31(16-20)22-11-6-5-7-12-22)18-34-28(23)24(26(19)32)17-30-13-9-8-10-21(30)4-2/h5-7,11-12,14-16,18,21,32H,3-4,8-10,13,17H2,1-2H3/t21-/m0/s1. The van der Waals surface area contributed by atoms with E-state index in [1.165, 1.54) is 19.1 Å². The van der Waals surface area contributed by atoms with Gasteiger partial charge in [-0.25, -0.2) is 4.68 Å². The van der Waals surface area contributed by atoms with Crippen LogP contribution in [0.15, 0.2) is 64.3 Å². The SMILES string of the molecule is CCc1cc2c(=O)c(-c3cnn(-c4ccccc4)c3)coc2c(CN2CCCC[C@@H]2CC)c1O. The van der Waals surface area contributed by atoms with E-state index in [2.05, 4.69) is 16.9 Å². The van der Waals surface area contributed by atoms with Crippen molar-refractivity contribution in [1.82, 2.24) is 14.7 Å². The summed E-state index contributed by atoms with van der Waals surface area (Å²) in [6, 6.07) is 12.1. The van der Waals surface area contributed by atoms with Gasteiger partial charge in [0.15, 0.2) is 0 Å². The molecule has 0 saturated carbocycles. The van der Waals surface area contributed by atoms with E-state index >= 15 is 0 Å². The summed E-state index contributed by atoms with van der Waals surface area (Å²) in [4.78, 5) is 16.1. The van der Waals surface area contributed by atoms with Gasteiger partial charge in [0, 0.05) is 24.3 Å². The molecule has 2 aromatic heterocycles. The van der Waals surface area contributed by atoms with Crippen LogP contribution in [0.1, 0.15) is 50.7 Å². The van der Waals surface area contributed by atoms with E-state index < -0.39 is 0 Å². The molecule has 0 amide bonds. The maximum atomic E-state index is 13.6. The molecule has 6 nitrogen and oxygen atoms in total. The van der Waals surface area contributed by atoms with Crippen molar-refractivity contribution in [2.45, 2.75) is 58.5 Å². The Kier molecular flexibility index (Phi) is 6.24. The molecular formula is C28H31N3O3. The number of aryl methyl sites for hydroxylation is 1. The van der Waals surface area contributed by atoms with Crippen LogP contribution in [0.25, 0.3) is 27.8 Å². The molecule has 0 bridgehead atoms. The summed E-state index contributed by atoms with van der Waals surface area (Å²) in [5.41, 5.74) is 3.98. The lowest BCUT2D eigenvalue weighted by Gasteiger charge is -2.35. The molecule has 34 heavy (non-hydrogen) atoms. The van der Waals surface area contributed by atoms with E-state index in [-0.39, 0.29) is 11.2 Å². The molecule has 4 aromatic rings. The highest BCUT2D eigenvalue weighted by atomic mass is 16.3. The van der Waals surface area contributed by atoms with Gasteiger partial charge in [0.25, 0.3) is 0 Å². The molecule has 0 aliphatic carbocycles. The zero-order chi connectivity index (χ0) is 23.7. The summed E-state index contributed by atoms with van der Waals surface area (Å²) >= 11 is 0. The van der Waals surface area contributed by atoms with Gasteiger partial charge >= 0.3 is 0 Å². The Balaban J connectivity index is 1.59. The Labute approximate surface area is 199 Å². The average Bonchev–Trinajstić information content (AvgIpc) is 3.37. The Morgan fingerprint density at radius 1 is 1.18 bits per heavy atom. The number of nitrogens with zero attached hydrogens (tertiary/aromatic N) is 3. The van der Waals surface area contributed by atoms with Gasteiger partial charge in [-0.05, 0) is 56.0 Å². The first-order chi connectivity index (χ1) is 16.6. The molecule has 1 saturated heterocycles. The minimum atomic E-state index is -0.101. The summed E-state index contributed by atoms with van der Waals surface area (Å²) in [5, 5.41) is 16.0. The van der Waals surface area contributed by atoms with Crippen molar-refractivity contribution in [2.24, 2.45) is 0 Å².